The van der Waals surface area contributed by atoms with E-state index in [1.165, 1.54) is 12.1 Å². The van der Waals surface area contributed by atoms with Crippen LogP contribution in [0.2, 0.25) is 0 Å². The smallest absolute Gasteiger partial charge is 0.265 e. The second-order valence-electron chi connectivity index (χ2n) is 6.47. The molecule has 0 atom stereocenters. The van der Waals surface area contributed by atoms with Crippen molar-refractivity contribution in [3.8, 4) is 16.9 Å². The van der Waals surface area contributed by atoms with E-state index in [9.17, 15) is 13.2 Å². The Morgan fingerprint density at radius 3 is 2.14 bits per heavy atom. The lowest BCUT2D eigenvalue weighted by Gasteiger charge is -2.14. The fourth-order valence-corrected chi connectivity index (χ4v) is 3.89. The molecule has 0 fully saturated rings. The first kappa shape index (κ1) is 19.6. The highest BCUT2D eigenvalue weighted by Gasteiger charge is 2.22. The summed E-state index contributed by atoms with van der Waals surface area (Å²) in [6.45, 7) is 3.64. The third kappa shape index (κ3) is 4.07. The quantitative estimate of drug-likeness (QED) is 0.706. The lowest BCUT2D eigenvalue weighted by Crippen LogP contribution is -2.31. The molecule has 0 bridgehead atoms. The Hall–Kier alpha value is -3.12. The Balaban J connectivity index is 1.98. The molecule has 0 spiro atoms. The van der Waals surface area contributed by atoms with Gasteiger partial charge < -0.3 is 4.74 Å². The van der Waals surface area contributed by atoms with Crippen LogP contribution in [0.3, 0.4) is 0 Å². The van der Waals surface area contributed by atoms with Crippen LogP contribution in [-0.2, 0) is 10.0 Å². The van der Waals surface area contributed by atoms with Crippen LogP contribution in [0.1, 0.15) is 21.5 Å². The summed E-state index contributed by atoms with van der Waals surface area (Å²) in [5, 5.41) is 0. The van der Waals surface area contributed by atoms with E-state index in [0.29, 0.717) is 22.4 Å². The van der Waals surface area contributed by atoms with E-state index in [2.05, 4.69) is 4.72 Å². The minimum atomic E-state index is -3.97. The highest BCUT2D eigenvalue weighted by atomic mass is 32.2. The molecule has 0 radical (unpaired) electrons. The van der Waals surface area contributed by atoms with Gasteiger partial charge in [0.2, 0.25) is 0 Å². The molecule has 144 valence electrons. The minimum Gasteiger partial charge on any atom is -0.497 e. The zero-order valence-electron chi connectivity index (χ0n) is 15.9. The maximum Gasteiger partial charge on any atom is 0.265 e. The maximum absolute atomic E-state index is 12.9. The molecule has 0 saturated carbocycles. The average Bonchev–Trinajstić information content (AvgIpc) is 2.67. The van der Waals surface area contributed by atoms with E-state index >= 15 is 0 Å². The van der Waals surface area contributed by atoms with Gasteiger partial charge in [0.05, 0.1) is 17.6 Å². The van der Waals surface area contributed by atoms with Gasteiger partial charge in [0.15, 0.2) is 0 Å². The monoisotopic (exact) mass is 395 g/mol. The second kappa shape index (κ2) is 7.86. The van der Waals surface area contributed by atoms with Gasteiger partial charge in [0.25, 0.3) is 15.9 Å². The number of benzene rings is 3. The zero-order chi connectivity index (χ0) is 20.3. The molecule has 3 aromatic rings. The number of hydrogen-bond donors (Lipinski definition) is 1. The fourth-order valence-electron chi connectivity index (χ4n) is 2.93. The van der Waals surface area contributed by atoms with Crippen LogP contribution in [0.15, 0.2) is 71.6 Å². The summed E-state index contributed by atoms with van der Waals surface area (Å²) in [6, 6.07) is 19.0. The molecule has 6 heteroatoms. The lowest BCUT2D eigenvalue weighted by molar-refractivity contribution is 0.0981. The highest BCUT2D eigenvalue weighted by molar-refractivity contribution is 7.90. The molecular formula is C22H21NO4S. The van der Waals surface area contributed by atoms with Crippen molar-refractivity contribution in [2.24, 2.45) is 0 Å². The van der Waals surface area contributed by atoms with Crippen LogP contribution < -0.4 is 9.46 Å². The van der Waals surface area contributed by atoms with Crippen LogP contribution in [0.4, 0.5) is 0 Å². The van der Waals surface area contributed by atoms with Crippen molar-refractivity contribution in [3.63, 3.8) is 0 Å². The second-order valence-corrected chi connectivity index (χ2v) is 8.16. The molecule has 0 aliphatic carbocycles. The first-order valence-electron chi connectivity index (χ1n) is 8.69. The van der Waals surface area contributed by atoms with Crippen molar-refractivity contribution < 1.29 is 17.9 Å². The number of amides is 1. The molecule has 3 aromatic carbocycles. The first-order valence-corrected chi connectivity index (χ1v) is 10.2. The molecule has 0 aromatic heterocycles. The summed E-state index contributed by atoms with van der Waals surface area (Å²) < 4.78 is 32.6. The van der Waals surface area contributed by atoms with Gasteiger partial charge in [-0.15, -0.1) is 0 Å². The van der Waals surface area contributed by atoms with Crippen LogP contribution >= 0.6 is 0 Å². The van der Waals surface area contributed by atoms with Crippen LogP contribution in [0.5, 0.6) is 5.75 Å². The molecule has 0 heterocycles. The summed E-state index contributed by atoms with van der Waals surface area (Å²) in [4.78, 5) is 13.0. The standard InChI is InChI=1S/C22H21NO4S/c1-15-7-13-19(14-8-15)28(25,26)23-22(24)21-16(2)5-4-6-20(21)17-9-11-18(27-3)12-10-17/h4-14H,1-3H3,(H,23,24). The van der Waals surface area contributed by atoms with Crippen molar-refractivity contribution in [2.45, 2.75) is 18.7 Å². The number of hydrogen-bond acceptors (Lipinski definition) is 4. The number of carbonyl (C=O) groups is 1. The van der Waals surface area contributed by atoms with Gasteiger partial charge in [0.1, 0.15) is 5.75 Å². The summed E-state index contributed by atoms with van der Waals surface area (Å²) in [5.41, 5.74) is 3.39. The molecule has 3 rings (SSSR count). The van der Waals surface area contributed by atoms with Crippen molar-refractivity contribution >= 4 is 15.9 Å². The number of ether oxygens (including phenoxy) is 1. The van der Waals surface area contributed by atoms with Gasteiger partial charge in [-0.05, 0) is 54.8 Å². The highest BCUT2D eigenvalue weighted by Crippen LogP contribution is 2.28. The number of aryl methyl sites for hydroxylation is 2. The fraction of sp³-hybridized carbons (Fsp3) is 0.136. The molecule has 0 aliphatic heterocycles. The molecule has 0 aliphatic rings. The Morgan fingerprint density at radius 2 is 1.54 bits per heavy atom. The van der Waals surface area contributed by atoms with Gasteiger partial charge >= 0.3 is 0 Å². The minimum absolute atomic E-state index is 0.0473. The van der Waals surface area contributed by atoms with E-state index in [1.54, 1.807) is 50.4 Å². The van der Waals surface area contributed by atoms with E-state index in [0.717, 1.165) is 11.1 Å². The molecular weight excluding hydrogens is 374 g/mol. The molecule has 28 heavy (non-hydrogen) atoms. The number of carbonyl (C=O) groups excluding carboxylic acids is 1. The number of sulfonamides is 1. The predicted molar refractivity (Wildman–Crippen MR) is 109 cm³/mol. The van der Waals surface area contributed by atoms with Crippen LogP contribution in [0, 0.1) is 13.8 Å². The number of methoxy groups -OCH3 is 1. The zero-order valence-corrected chi connectivity index (χ0v) is 16.7. The number of rotatable bonds is 5. The van der Waals surface area contributed by atoms with Crippen molar-refractivity contribution in [3.05, 3.63) is 83.4 Å². The van der Waals surface area contributed by atoms with Gasteiger partial charge in [0, 0.05) is 0 Å². The lowest BCUT2D eigenvalue weighted by atomic mass is 9.95. The largest absolute Gasteiger partial charge is 0.497 e. The van der Waals surface area contributed by atoms with E-state index in [4.69, 9.17) is 4.74 Å². The third-order valence-corrected chi connectivity index (χ3v) is 5.81. The van der Waals surface area contributed by atoms with Crippen LogP contribution in [-0.4, -0.2) is 21.4 Å². The topological polar surface area (TPSA) is 72.5 Å². The molecule has 1 N–H and O–H groups in total. The Morgan fingerprint density at radius 1 is 0.893 bits per heavy atom. The summed E-state index contributed by atoms with van der Waals surface area (Å²) in [5.74, 6) is 0.0360. The van der Waals surface area contributed by atoms with Gasteiger partial charge in [-0.3, -0.25) is 4.79 Å². The summed E-state index contributed by atoms with van der Waals surface area (Å²) in [6.07, 6.45) is 0. The van der Waals surface area contributed by atoms with Gasteiger partial charge in [-0.1, -0.05) is 48.0 Å². The van der Waals surface area contributed by atoms with Gasteiger partial charge in [-0.25, -0.2) is 13.1 Å². The normalized spacial score (nSPS) is 11.1. The number of nitrogens with one attached hydrogen (secondary N) is 1. The van der Waals surface area contributed by atoms with Crippen LogP contribution in [0.25, 0.3) is 11.1 Å². The molecule has 1 amide bonds. The van der Waals surface area contributed by atoms with Crippen molar-refractivity contribution in [1.82, 2.24) is 4.72 Å². The SMILES string of the molecule is COc1ccc(-c2cccc(C)c2C(=O)NS(=O)(=O)c2ccc(C)cc2)cc1. The molecule has 0 saturated heterocycles. The van der Waals surface area contributed by atoms with E-state index < -0.39 is 15.9 Å². The van der Waals surface area contributed by atoms with E-state index in [-0.39, 0.29) is 4.90 Å². The molecule has 0 unspecified atom stereocenters. The summed E-state index contributed by atoms with van der Waals surface area (Å²) >= 11 is 0. The van der Waals surface area contributed by atoms with Crippen molar-refractivity contribution in [1.29, 1.82) is 0 Å². The van der Waals surface area contributed by atoms with Crippen molar-refractivity contribution in [2.75, 3.05) is 7.11 Å². The van der Waals surface area contributed by atoms with E-state index in [1.807, 2.05) is 25.1 Å². The Kier molecular flexibility index (Phi) is 5.51. The predicted octanol–water partition coefficient (Wildman–Crippen LogP) is 4.10. The third-order valence-electron chi connectivity index (χ3n) is 4.46. The Labute approximate surface area is 165 Å². The first-order chi connectivity index (χ1) is 13.3. The Bertz CT molecular complexity index is 1100. The maximum atomic E-state index is 12.9. The summed E-state index contributed by atoms with van der Waals surface area (Å²) in [7, 11) is -2.39. The average molecular weight is 395 g/mol. The molecule has 5 nitrogen and oxygen atoms in total. The van der Waals surface area contributed by atoms with Gasteiger partial charge in [-0.2, -0.15) is 0 Å².